The molecule has 0 unspecified atom stereocenters. The molecule has 0 saturated heterocycles. The fourth-order valence-corrected chi connectivity index (χ4v) is 4.79. The van der Waals surface area contributed by atoms with Crippen LogP contribution in [0.15, 0.2) is 41.8 Å². The molecule has 4 nitrogen and oxygen atoms in total. The van der Waals surface area contributed by atoms with Gasteiger partial charge in [0.2, 0.25) is 5.91 Å². The van der Waals surface area contributed by atoms with Crippen LogP contribution in [0.2, 0.25) is 0 Å². The third kappa shape index (κ3) is 3.40. The van der Waals surface area contributed by atoms with Gasteiger partial charge >= 0.3 is 0 Å². The van der Waals surface area contributed by atoms with Gasteiger partial charge in [-0.1, -0.05) is 49.9 Å². The predicted molar refractivity (Wildman–Crippen MR) is 103 cm³/mol. The monoisotopic (exact) mass is 368 g/mol. The van der Waals surface area contributed by atoms with Gasteiger partial charge in [-0.25, -0.2) is 0 Å². The van der Waals surface area contributed by atoms with Crippen LogP contribution in [-0.2, 0) is 11.3 Å². The third-order valence-electron chi connectivity index (χ3n) is 5.41. The number of carbonyl (C=O) groups is 2. The second kappa shape index (κ2) is 7.62. The number of fused-ring (bicyclic) bond motifs is 1. The SMILES string of the molecule is O=C(NC1CCCCCC1)[C@H]1c2ccccc2C(=O)N1Cc1cccs1. The van der Waals surface area contributed by atoms with Crippen molar-refractivity contribution < 1.29 is 9.59 Å². The van der Waals surface area contributed by atoms with Crippen LogP contribution in [0, 0.1) is 0 Å². The Kier molecular flexibility index (Phi) is 5.07. The van der Waals surface area contributed by atoms with Crippen molar-refractivity contribution in [3.8, 4) is 0 Å². The summed E-state index contributed by atoms with van der Waals surface area (Å²) in [6.07, 6.45) is 6.93. The van der Waals surface area contributed by atoms with Crippen LogP contribution in [0.4, 0.5) is 0 Å². The smallest absolute Gasteiger partial charge is 0.255 e. The molecule has 0 spiro atoms. The van der Waals surface area contributed by atoms with Crippen LogP contribution in [0.1, 0.15) is 65.4 Å². The number of carbonyl (C=O) groups excluding carboxylic acids is 2. The van der Waals surface area contributed by atoms with E-state index in [0.717, 1.165) is 23.3 Å². The Morgan fingerprint density at radius 3 is 2.58 bits per heavy atom. The van der Waals surface area contributed by atoms with E-state index in [2.05, 4.69) is 5.32 Å². The number of hydrogen-bond donors (Lipinski definition) is 1. The molecule has 136 valence electrons. The van der Waals surface area contributed by atoms with Gasteiger partial charge in [0.1, 0.15) is 6.04 Å². The summed E-state index contributed by atoms with van der Waals surface area (Å²) in [6, 6.07) is 11.2. The second-order valence-corrected chi connectivity index (χ2v) is 8.23. The summed E-state index contributed by atoms with van der Waals surface area (Å²) in [5, 5.41) is 5.25. The molecule has 1 fully saturated rings. The minimum Gasteiger partial charge on any atom is -0.351 e. The highest BCUT2D eigenvalue weighted by Crippen LogP contribution is 2.35. The van der Waals surface area contributed by atoms with Crippen molar-refractivity contribution >= 4 is 23.2 Å². The highest BCUT2D eigenvalue weighted by molar-refractivity contribution is 7.09. The van der Waals surface area contributed by atoms with E-state index in [9.17, 15) is 9.59 Å². The summed E-state index contributed by atoms with van der Waals surface area (Å²) in [5.41, 5.74) is 1.49. The number of benzene rings is 1. The lowest BCUT2D eigenvalue weighted by Crippen LogP contribution is -2.43. The van der Waals surface area contributed by atoms with Crippen molar-refractivity contribution in [1.82, 2.24) is 10.2 Å². The van der Waals surface area contributed by atoms with Crippen molar-refractivity contribution in [3.05, 3.63) is 57.8 Å². The van der Waals surface area contributed by atoms with Gasteiger partial charge in [-0.05, 0) is 35.9 Å². The summed E-state index contributed by atoms with van der Waals surface area (Å²) in [7, 11) is 0. The molecule has 0 bridgehead atoms. The minimum atomic E-state index is -0.524. The van der Waals surface area contributed by atoms with Gasteiger partial charge in [0.05, 0.1) is 6.54 Å². The number of thiophene rings is 1. The average molecular weight is 369 g/mol. The molecule has 5 heteroatoms. The first kappa shape index (κ1) is 17.3. The molecule has 1 aliphatic heterocycles. The molecule has 2 aromatic rings. The highest BCUT2D eigenvalue weighted by Gasteiger charge is 2.41. The maximum Gasteiger partial charge on any atom is 0.255 e. The maximum absolute atomic E-state index is 13.2. The number of hydrogen-bond acceptors (Lipinski definition) is 3. The first-order valence-corrected chi connectivity index (χ1v) is 10.3. The van der Waals surface area contributed by atoms with E-state index >= 15 is 0 Å². The Morgan fingerprint density at radius 1 is 1.08 bits per heavy atom. The lowest BCUT2D eigenvalue weighted by Gasteiger charge is -2.26. The summed E-state index contributed by atoms with van der Waals surface area (Å²) >= 11 is 1.62. The molecule has 1 aromatic carbocycles. The van der Waals surface area contributed by atoms with E-state index < -0.39 is 6.04 Å². The minimum absolute atomic E-state index is 0.0354. The van der Waals surface area contributed by atoms with Crippen molar-refractivity contribution in [2.24, 2.45) is 0 Å². The molecular weight excluding hydrogens is 344 g/mol. The van der Waals surface area contributed by atoms with E-state index in [1.54, 1.807) is 16.2 Å². The summed E-state index contributed by atoms with van der Waals surface area (Å²) in [5.74, 6) is -0.0817. The van der Waals surface area contributed by atoms with Crippen LogP contribution in [0.3, 0.4) is 0 Å². The van der Waals surface area contributed by atoms with Crippen molar-refractivity contribution in [3.63, 3.8) is 0 Å². The molecule has 2 amide bonds. The Labute approximate surface area is 158 Å². The fraction of sp³-hybridized carbons (Fsp3) is 0.429. The lowest BCUT2D eigenvalue weighted by molar-refractivity contribution is -0.126. The van der Waals surface area contributed by atoms with Gasteiger partial charge in [0, 0.05) is 16.5 Å². The van der Waals surface area contributed by atoms with Gasteiger partial charge in [0.15, 0.2) is 0 Å². The van der Waals surface area contributed by atoms with E-state index in [4.69, 9.17) is 0 Å². The zero-order valence-electron chi connectivity index (χ0n) is 14.8. The summed E-state index contributed by atoms with van der Waals surface area (Å²) < 4.78 is 0. The first-order chi connectivity index (χ1) is 12.7. The van der Waals surface area contributed by atoms with E-state index in [1.807, 2.05) is 41.8 Å². The van der Waals surface area contributed by atoms with E-state index in [-0.39, 0.29) is 17.9 Å². The largest absolute Gasteiger partial charge is 0.351 e. The average Bonchev–Trinajstić information content (AvgIpc) is 3.16. The first-order valence-electron chi connectivity index (χ1n) is 9.46. The lowest BCUT2D eigenvalue weighted by atomic mass is 10.0. The maximum atomic E-state index is 13.2. The molecule has 1 atom stereocenters. The molecule has 0 radical (unpaired) electrons. The van der Waals surface area contributed by atoms with Gasteiger partial charge in [-0.3, -0.25) is 9.59 Å². The number of nitrogens with one attached hydrogen (secondary N) is 1. The van der Waals surface area contributed by atoms with Crippen molar-refractivity contribution in [2.45, 2.75) is 57.2 Å². The zero-order chi connectivity index (χ0) is 17.9. The molecule has 2 heterocycles. The zero-order valence-corrected chi connectivity index (χ0v) is 15.6. The van der Waals surface area contributed by atoms with Crippen LogP contribution < -0.4 is 5.32 Å². The molecule has 4 rings (SSSR count). The van der Waals surface area contributed by atoms with Crippen LogP contribution >= 0.6 is 11.3 Å². The van der Waals surface area contributed by atoms with Crippen LogP contribution in [0.25, 0.3) is 0 Å². The number of rotatable bonds is 4. The van der Waals surface area contributed by atoms with E-state index in [0.29, 0.717) is 12.1 Å². The van der Waals surface area contributed by atoms with Crippen molar-refractivity contribution in [1.29, 1.82) is 0 Å². The molecular formula is C21H24N2O2S. The topological polar surface area (TPSA) is 49.4 Å². The van der Waals surface area contributed by atoms with Crippen molar-refractivity contribution in [2.75, 3.05) is 0 Å². The highest BCUT2D eigenvalue weighted by atomic mass is 32.1. The second-order valence-electron chi connectivity index (χ2n) is 7.20. The summed E-state index contributed by atoms with van der Waals surface area (Å²) in [6.45, 7) is 0.480. The van der Waals surface area contributed by atoms with Crippen LogP contribution in [0.5, 0.6) is 0 Å². The van der Waals surface area contributed by atoms with Crippen LogP contribution in [-0.4, -0.2) is 22.8 Å². The fourth-order valence-electron chi connectivity index (χ4n) is 4.09. The molecule has 1 aliphatic carbocycles. The Hall–Kier alpha value is -2.14. The Morgan fingerprint density at radius 2 is 1.85 bits per heavy atom. The normalized spacial score (nSPS) is 20.7. The van der Waals surface area contributed by atoms with Gasteiger partial charge in [-0.15, -0.1) is 11.3 Å². The van der Waals surface area contributed by atoms with Gasteiger partial charge in [-0.2, -0.15) is 0 Å². The Bertz CT molecular complexity index is 779. The standard InChI is InChI=1S/C21H24N2O2S/c24-20(22-15-8-3-1-2-4-9-15)19-17-11-5-6-12-18(17)21(25)23(19)14-16-10-7-13-26-16/h5-7,10-13,15,19H,1-4,8-9,14H2,(H,22,24)/t19-/m1/s1. The quantitative estimate of drug-likeness (QED) is 0.819. The van der Waals surface area contributed by atoms with Gasteiger partial charge < -0.3 is 10.2 Å². The third-order valence-corrected chi connectivity index (χ3v) is 6.28. The van der Waals surface area contributed by atoms with Gasteiger partial charge in [0.25, 0.3) is 5.91 Å². The number of nitrogens with zero attached hydrogens (tertiary/aromatic N) is 1. The molecule has 1 aromatic heterocycles. The Balaban J connectivity index is 1.59. The predicted octanol–water partition coefficient (Wildman–Crippen LogP) is 4.28. The van der Waals surface area contributed by atoms with E-state index in [1.165, 1.54) is 25.7 Å². The molecule has 1 saturated carbocycles. The molecule has 2 aliphatic rings. The molecule has 1 N–H and O–H groups in total. The summed E-state index contributed by atoms with van der Waals surface area (Å²) in [4.78, 5) is 28.9. The number of amides is 2. The molecule has 26 heavy (non-hydrogen) atoms.